The van der Waals surface area contributed by atoms with Crippen molar-refractivity contribution < 1.29 is 32.5 Å². The Morgan fingerprint density at radius 2 is 1.54 bits per heavy atom. The van der Waals surface area contributed by atoms with Gasteiger partial charge >= 0.3 is 12.3 Å². The molecule has 3 aromatic rings. The van der Waals surface area contributed by atoms with Gasteiger partial charge in [0.2, 0.25) is 0 Å². The summed E-state index contributed by atoms with van der Waals surface area (Å²) in [5.41, 5.74) is 1.42. The van der Waals surface area contributed by atoms with Gasteiger partial charge < -0.3 is 14.6 Å². The van der Waals surface area contributed by atoms with E-state index in [1.165, 1.54) is 6.07 Å². The standard InChI is InChI=1S/C21H15F3O4/c22-21(23,24)28-19-12-16(8-11-18(19)20(25)26)15-6-9-17(10-7-15)27-13-14-4-2-1-3-5-14/h1-12H,13H2,(H,25,26). The summed E-state index contributed by atoms with van der Waals surface area (Å²) in [6.07, 6.45) is -4.99. The molecule has 0 radical (unpaired) electrons. The van der Waals surface area contributed by atoms with Gasteiger partial charge in [0.15, 0.2) is 0 Å². The number of hydrogen-bond donors (Lipinski definition) is 1. The Balaban J connectivity index is 1.79. The highest BCUT2D eigenvalue weighted by Gasteiger charge is 2.33. The van der Waals surface area contributed by atoms with Gasteiger partial charge in [0.1, 0.15) is 23.7 Å². The topological polar surface area (TPSA) is 55.8 Å². The van der Waals surface area contributed by atoms with Crippen molar-refractivity contribution in [3.63, 3.8) is 0 Å². The molecule has 7 heteroatoms. The van der Waals surface area contributed by atoms with Gasteiger partial charge in [0.25, 0.3) is 0 Å². The molecule has 0 spiro atoms. The van der Waals surface area contributed by atoms with Crippen LogP contribution in [0.5, 0.6) is 11.5 Å². The molecule has 1 N–H and O–H groups in total. The second-order valence-electron chi connectivity index (χ2n) is 5.86. The lowest BCUT2D eigenvalue weighted by atomic mass is 10.0. The molecular formula is C21H15F3O4. The minimum Gasteiger partial charge on any atom is -0.489 e. The van der Waals surface area contributed by atoms with Gasteiger partial charge in [0, 0.05) is 0 Å². The fourth-order valence-corrected chi connectivity index (χ4v) is 2.57. The molecule has 0 unspecified atom stereocenters. The predicted molar refractivity (Wildman–Crippen MR) is 96.3 cm³/mol. The van der Waals surface area contributed by atoms with Crippen molar-refractivity contribution in [1.29, 1.82) is 0 Å². The van der Waals surface area contributed by atoms with Crippen molar-refractivity contribution in [3.8, 4) is 22.6 Å². The molecular weight excluding hydrogens is 373 g/mol. The lowest BCUT2D eigenvalue weighted by molar-refractivity contribution is -0.274. The quantitative estimate of drug-likeness (QED) is 0.603. The predicted octanol–water partition coefficient (Wildman–Crippen LogP) is 5.53. The van der Waals surface area contributed by atoms with Crippen LogP contribution in [0.3, 0.4) is 0 Å². The van der Waals surface area contributed by atoms with E-state index in [9.17, 15) is 18.0 Å². The summed E-state index contributed by atoms with van der Waals surface area (Å²) < 4.78 is 47.2. The molecule has 144 valence electrons. The Morgan fingerprint density at radius 1 is 0.893 bits per heavy atom. The van der Waals surface area contributed by atoms with E-state index in [-0.39, 0.29) is 0 Å². The van der Waals surface area contributed by atoms with Crippen LogP contribution in [0.4, 0.5) is 13.2 Å². The van der Waals surface area contributed by atoms with E-state index in [0.29, 0.717) is 23.5 Å². The second kappa shape index (κ2) is 8.04. The van der Waals surface area contributed by atoms with Crippen LogP contribution in [-0.2, 0) is 6.61 Å². The number of alkyl halides is 3. The van der Waals surface area contributed by atoms with E-state index in [4.69, 9.17) is 9.84 Å². The van der Waals surface area contributed by atoms with Crippen molar-refractivity contribution in [2.24, 2.45) is 0 Å². The highest BCUT2D eigenvalue weighted by Crippen LogP contribution is 2.32. The minimum absolute atomic E-state index is 0.386. The molecule has 0 atom stereocenters. The maximum absolute atomic E-state index is 12.6. The Bertz CT molecular complexity index is 952. The van der Waals surface area contributed by atoms with E-state index in [2.05, 4.69) is 4.74 Å². The van der Waals surface area contributed by atoms with Gasteiger partial charge in [-0.3, -0.25) is 0 Å². The maximum atomic E-state index is 12.6. The van der Waals surface area contributed by atoms with Gasteiger partial charge in [-0.25, -0.2) is 4.79 Å². The van der Waals surface area contributed by atoms with Crippen LogP contribution in [0.25, 0.3) is 11.1 Å². The van der Waals surface area contributed by atoms with Crippen molar-refractivity contribution in [2.45, 2.75) is 13.0 Å². The zero-order valence-electron chi connectivity index (χ0n) is 14.4. The molecule has 0 fully saturated rings. The Kier molecular flexibility index (Phi) is 5.54. The van der Waals surface area contributed by atoms with Gasteiger partial charge in [-0.15, -0.1) is 13.2 Å². The van der Waals surface area contributed by atoms with Crippen molar-refractivity contribution in [1.82, 2.24) is 0 Å². The number of halogens is 3. The highest BCUT2D eigenvalue weighted by atomic mass is 19.4. The molecule has 0 aliphatic rings. The molecule has 28 heavy (non-hydrogen) atoms. The number of rotatable bonds is 6. The molecule has 0 saturated carbocycles. The molecule has 0 bridgehead atoms. The molecule has 0 amide bonds. The largest absolute Gasteiger partial charge is 0.573 e. The van der Waals surface area contributed by atoms with E-state index in [1.807, 2.05) is 30.3 Å². The number of ether oxygens (including phenoxy) is 2. The van der Waals surface area contributed by atoms with Crippen LogP contribution in [0, 0.1) is 0 Å². The van der Waals surface area contributed by atoms with Gasteiger partial charge in [-0.2, -0.15) is 0 Å². The van der Waals surface area contributed by atoms with Gasteiger partial charge in [-0.05, 0) is 41.0 Å². The third-order valence-electron chi connectivity index (χ3n) is 3.87. The number of carbonyl (C=O) groups is 1. The van der Waals surface area contributed by atoms with E-state index >= 15 is 0 Å². The lowest BCUT2D eigenvalue weighted by Gasteiger charge is -2.13. The number of carboxylic acid groups (broad SMARTS) is 1. The fraction of sp³-hybridized carbons (Fsp3) is 0.0952. The molecule has 0 aromatic heterocycles. The third-order valence-corrected chi connectivity index (χ3v) is 3.87. The summed E-state index contributed by atoms with van der Waals surface area (Å²) >= 11 is 0. The Labute approximate surface area is 158 Å². The van der Waals surface area contributed by atoms with E-state index < -0.39 is 23.6 Å². The summed E-state index contributed by atoms with van der Waals surface area (Å²) in [4.78, 5) is 11.1. The van der Waals surface area contributed by atoms with Crippen LogP contribution in [0.2, 0.25) is 0 Å². The highest BCUT2D eigenvalue weighted by molar-refractivity contribution is 5.92. The van der Waals surface area contributed by atoms with E-state index in [1.54, 1.807) is 24.3 Å². The first-order valence-electron chi connectivity index (χ1n) is 8.22. The monoisotopic (exact) mass is 388 g/mol. The third kappa shape index (κ3) is 5.03. The van der Waals surface area contributed by atoms with Gasteiger partial charge in [-0.1, -0.05) is 48.5 Å². The summed E-state index contributed by atoms with van der Waals surface area (Å²) in [5.74, 6) is -1.67. The van der Waals surface area contributed by atoms with Crippen LogP contribution in [0.1, 0.15) is 15.9 Å². The molecule has 0 heterocycles. The Morgan fingerprint density at radius 3 is 2.14 bits per heavy atom. The summed E-state index contributed by atoms with van der Waals surface area (Å²) in [7, 11) is 0. The zero-order chi connectivity index (χ0) is 20.1. The summed E-state index contributed by atoms with van der Waals surface area (Å²) in [5, 5.41) is 9.05. The normalized spacial score (nSPS) is 11.1. The fourth-order valence-electron chi connectivity index (χ4n) is 2.57. The zero-order valence-corrected chi connectivity index (χ0v) is 14.4. The maximum Gasteiger partial charge on any atom is 0.573 e. The minimum atomic E-state index is -4.99. The average Bonchev–Trinajstić information content (AvgIpc) is 2.66. The van der Waals surface area contributed by atoms with E-state index in [0.717, 1.165) is 17.7 Å². The number of benzene rings is 3. The molecule has 0 aliphatic carbocycles. The molecule has 3 rings (SSSR count). The SMILES string of the molecule is O=C(O)c1ccc(-c2ccc(OCc3ccccc3)cc2)cc1OC(F)(F)F. The Hall–Kier alpha value is -3.48. The summed E-state index contributed by atoms with van der Waals surface area (Å²) in [6.45, 7) is 0.386. The first-order valence-corrected chi connectivity index (χ1v) is 8.22. The average molecular weight is 388 g/mol. The van der Waals surface area contributed by atoms with Crippen molar-refractivity contribution >= 4 is 5.97 Å². The smallest absolute Gasteiger partial charge is 0.489 e. The molecule has 4 nitrogen and oxygen atoms in total. The summed E-state index contributed by atoms with van der Waals surface area (Å²) in [6, 6.07) is 19.9. The molecule has 3 aromatic carbocycles. The van der Waals surface area contributed by atoms with Crippen LogP contribution >= 0.6 is 0 Å². The number of aromatic carboxylic acids is 1. The number of carboxylic acids is 1. The molecule has 0 aliphatic heterocycles. The van der Waals surface area contributed by atoms with Crippen LogP contribution in [0.15, 0.2) is 72.8 Å². The second-order valence-corrected chi connectivity index (χ2v) is 5.86. The van der Waals surface area contributed by atoms with Crippen LogP contribution in [-0.4, -0.2) is 17.4 Å². The first kappa shape index (κ1) is 19.3. The number of hydrogen-bond acceptors (Lipinski definition) is 3. The lowest BCUT2D eigenvalue weighted by Crippen LogP contribution is -2.19. The van der Waals surface area contributed by atoms with Crippen molar-refractivity contribution in [2.75, 3.05) is 0 Å². The molecule has 0 saturated heterocycles. The van der Waals surface area contributed by atoms with Crippen LogP contribution < -0.4 is 9.47 Å². The van der Waals surface area contributed by atoms with Crippen molar-refractivity contribution in [3.05, 3.63) is 83.9 Å². The first-order chi connectivity index (χ1) is 13.3. The van der Waals surface area contributed by atoms with Gasteiger partial charge in [0.05, 0.1) is 0 Å².